The Kier molecular flexibility index (Phi) is 2.39. The first-order valence-electron chi connectivity index (χ1n) is 4.41. The molecule has 5 heteroatoms. The number of aliphatic hydroxyl groups is 1. The minimum atomic E-state index is -1.27. The SMILES string of the molecule is CC(C)(O)c1c(Br)cc2c(c1F)OCO2. The molecule has 0 atom stereocenters. The first-order valence-corrected chi connectivity index (χ1v) is 5.21. The molecule has 3 nitrogen and oxygen atoms in total. The molecule has 0 aromatic heterocycles. The Balaban J connectivity index is 2.67. The van der Waals surface area contributed by atoms with Gasteiger partial charge in [-0.3, -0.25) is 0 Å². The Bertz CT molecular complexity index is 412. The molecule has 1 aliphatic rings. The minimum absolute atomic E-state index is 0.00794. The molecule has 1 aromatic carbocycles. The van der Waals surface area contributed by atoms with E-state index in [9.17, 15) is 9.50 Å². The predicted molar refractivity (Wildman–Crippen MR) is 55.5 cm³/mol. The lowest BCUT2D eigenvalue weighted by Crippen LogP contribution is -2.18. The van der Waals surface area contributed by atoms with Crippen LogP contribution in [0, 0.1) is 5.82 Å². The smallest absolute Gasteiger partial charge is 0.231 e. The maximum Gasteiger partial charge on any atom is 0.231 e. The van der Waals surface area contributed by atoms with Crippen LogP contribution in [0.5, 0.6) is 11.5 Å². The monoisotopic (exact) mass is 276 g/mol. The van der Waals surface area contributed by atoms with Crippen LogP contribution in [-0.2, 0) is 5.60 Å². The van der Waals surface area contributed by atoms with Crippen molar-refractivity contribution in [1.29, 1.82) is 0 Å². The van der Waals surface area contributed by atoms with E-state index in [2.05, 4.69) is 15.9 Å². The second-order valence-corrected chi connectivity index (χ2v) is 4.69. The van der Waals surface area contributed by atoms with Gasteiger partial charge in [0.2, 0.25) is 12.5 Å². The van der Waals surface area contributed by atoms with Crippen LogP contribution in [0.1, 0.15) is 19.4 Å². The van der Waals surface area contributed by atoms with Crippen molar-refractivity contribution >= 4 is 15.9 Å². The molecule has 1 N–H and O–H groups in total. The Labute approximate surface area is 94.9 Å². The highest BCUT2D eigenvalue weighted by Gasteiger charge is 2.31. The van der Waals surface area contributed by atoms with E-state index in [-0.39, 0.29) is 18.1 Å². The Hall–Kier alpha value is -0.810. The molecule has 2 rings (SSSR count). The van der Waals surface area contributed by atoms with E-state index in [1.54, 1.807) is 6.07 Å². The van der Waals surface area contributed by atoms with Crippen LogP contribution in [0.3, 0.4) is 0 Å². The molecule has 82 valence electrons. The van der Waals surface area contributed by atoms with Crippen LogP contribution in [0.15, 0.2) is 10.5 Å². The summed E-state index contributed by atoms with van der Waals surface area (Å²) in [4.78, 5) is 0. The average Bonchev–Trinajstić information content (AvgIpc) is 2.48. The number of hydrogen-bond acceptors (Lipinski definition) is 3. The minimum Gasteiger partial charge on any atom is -0.453 e. The van der Waals surface area contributed by atoms with Crippen molar-refractivity contribution in [3.63, 3.8) is 0 Å². The van der Waals surface area contributed by atoms with Gasteiger partial charge in [0.05, 0.1) is 5.60 Å². The summed E-state index contributed by atoms with van der Waals surface area (Å²) in [5.74, 6) is -0.160. The number of rotatable bonds is 1. The van der Waals surface area contributed by atoms with E-state index in [1.165, 1.54) is 13.8 Å². The van der Waals surface area contributed by atoms with Gasteiger partial charge < -0.3 is 14.6 Å². The largest absolute Gasteiger partial charge is 0.453 e. The van der Waals surface area contributed by atoms with Crippen LogP contribution < -0.4 is 9.47 Å². The van der Waals surface area contributed by atoms with Gasteiger partial charge in [0.1, 0.15) is 0 Å². The number of hydrogen-bond donors (Lipinski definition) is 1. The summed E-state index contributed by atoms with van der Waals surface area (Å²) in [6.45, 7) is 3.03. The maximum absolute atomic E-state index is 13.9. The lowest BCUT2D eigenvalue weighted by molar-refractivity contribution is 0.0730. The van der Waals surface area contributed by atoms with Gasteiger partial charge in [0, 0.05) is 10.0 Å². The third-order valence-electron chi connectivity index (χ3n) is 2.17. The van der Waals surface area contributed by atoms with Crippen molar-refractivity contribution in [3.05, 3.63) is 21.9 Å². The summed E-state index contributed by atoms with van der Waals surface area (Å²) in [6.07, 6.45) is 0. The van der Waals surface area contributed by atoms with Crippen molar-refractivity contribution in [2.75, 3.05) is 6.79 Å². The van der Waals surface area contributed by atoms with Crippen LogP contribution >= 0.6 is 15.9 Å². The van der Waals surface area contributed by atoms with E-state index < -0.39 is 11.4 Å². The van der Waals surface area contributed by atoms with Crippen molar-refractivity contribution in [3.8, 4) is 11.5 Å². The summed E-state index contributed by atoms with van der Waals surface area (Å²) >= 11 is 3.20. The Morgan fingerprint density at radius 3 is 2.73 bits per heavy atom. The molecule has 0 saturated heterocycles. The molecule has 1 aromatic rings. The Morgan fingerprint density at radius 2 is 2.13 bits per heavy atom. The number of fused-ring (bicyclic) bond motifs is 1. The van der Waals surface area contributed by atoms with Crippen LogP contribution in [0.4, 0.5) is 4.39 Å². The highest BCUT2D eigenvalue weighted by molar-refractivity contribution is 9.10. The molecule has 0 bridgehead atoms. The van der Waals surface area contributed by atoms with Crippen molar-refractivity contribution < 1.29 is 19.0 Å². The standard InChI is InChI=1S/C10H10BrFO3/c1-10(2,13)7-5(11)3-6-9(8(7)12)15-4-14-6/h3,13H,4H2,1-2H3. The van der Waals surface area contributed by atoms with Gasteiger partial charge in [0.25, 0.3) is 0 Å². The van der Waals surface area contributed by atoms with Crippen molar-refractivity contribution in [1.82, 2.24) is 0 Å². The fourth-order valence-electron chi connectivity index (χ4n) is 1.53. The van der Waals surface area contributed by atoms with Crippen molar-refractivity contribution in [2.24, 2.45) is 0 Å². The second kappa shape index (κ2) is 3.35. The summed E-state index contributed by atoms with van der Waals surface area (Å²) in [7, 11) is 0. The van der Waals surface area contributed by atoms with E-state index >= 15 is 0 Å². The van der Waals surface area contributed by atoms with Crippen LogP contribution in [0.25, 0.3) is 0 Å². The quantitative estimate of drug-likeness (QED) is 0.857. The normalized spacial score (nSPS) is 14.5. The third-order valence-corrected chi connectivity index (χ3v) is 2.79. The van der Waals surface area contributed by atoms with Gasteiger partial charge in [-0.1, -0.05) is 15.9 Å². The third kappa shape index (κ3) is 1.70. The van der Waals surface area contributed by atoms with Gasteiger partial charge >= 0.3 is 0 Å². The predicted octanol–water partition coefficient (Wildman–Crippen LogP) is 2.54. The molecular weight excluding hydrogens is 267 g/mol. The topological polar surface area (TPSA) is 38.7 Å². The first-order chi connectivity index (χ1) is 6.91. The number of ether oxygens (including phenoxy) is 2. The highest BCUT2D eigenvalue weighted by Crippen LogP contribution is 2.43. The molecule has 15 heavy (non-hydrogen) atoms. The summed E-state index contributed by atoms with van der Waals surface area (Å²) in [5, 5.41) is 9.82. The van der Waals surface area contributed by atoms with Crippen LogP contribution in [0.2, 0.25) is 0 Å². The molecule has 0 aliphatic carbocycles. The fourth-order valence-corrected chi connectivity index (χ4v) is 2.40. The van der Waals surface area contributed by atoms with E-state index in [4.69, 9.17) is 9.47 Å². The Morgan fingerprint density at radius 1 is 1.47 bits per heavy atom. The van der Waals surface area contributed by atoms with Gasteiger partial charge in [-0.25, -0.2) is 4.39 Å². The van der Waals surface area contributed by atoms with Crippen molar-refractivity contribution in [2.45, 2.75) is 19.4 Å². The molecule has 0 saturated carbocycles. The summed E-state index contributed by atoms with van der Waals surface area (Å²) in [6, 6.07) is 1.60. The zero-order valence-corrected chi connectivity index (χ0v) is 9.89. The molecular formula is C10H10BrFO3. The van der Waals surface area contributed by atoms with Gasteiger partial charge in [-0.15, -0.1) is 0 Å². The molecule has 1 heterocycles. The number of benzene rings is 1. The molecule has 0 radical (unpaired) electrons. The molecule has 0 spiro atoms. The van der Waals surface area contributed by atoms with E-state index in [1.807, 2.05) is 0 Å². The maximum atomic E-state index is 13.9. The zero-order valence-electron chi connectivity index (χ0n) is 8.30. The number of halogens is 2. The van der Waals surface area contributed by atoms with Crippen LogP contribution in [-0.4, -0.2) is 11.9 Å². The summed E-state index contributed by atoms with van der Waals surface area (Å²) in [5.41, 5.74) is -1.10. The highest BCUT2D eigenvalue weighted by atomic mass is 79.9. The van der Waals surface area contributed by atoms with Gasteiger partial charge in [0.15, 0.2) is 11.6 Å². The first kappa shape index (κ1) is 10.7. The van der Waals surface area contributed by atoms with E-state index in [0.29, 0.717) is 10.2 Å². The molecule has 0 fully saturated rings. The summed E-state index contributed by atoms with van der Waals surface area (Å²) < 4.78 is 24.4. The average molecular weight is 277 g/mol. The van der Waals surface area contributed by atoms with Gasteiger partial charge in [-0.2, -0.15) is 0 Å². The second-order valence-electron chi connectivity index (χ2n) is 3.84. The van der Waals surface area contributed by atoms with E-state index in [0.717, 1.165) is 0 Å². The lowest BCUT2D eigenvalue weighted by atomic mass is 9.97. The zero-order chi connectivity index (χ0) is 11.2. The molecule has 0 unspecified atom stereocenters. The fraction of sp³-hybridized carbons (Fsp3) is 0.400. The lowest BCUT2D eigenvalue weighted by Gasteiger charge is -2.20. The molecule has 0 amide bonds. The molecule has 1 aliphatic heterocycles. The van der Waals surface area contributed by atoms with Gasteiger partial charge in [-0.05, 0) is 19.9 Å².